The summed E-state index contributed by atoms with van der Waals surface area (Å²) in [6.07, 6.45) is 13.0. The monoisotopic (exact) mass is 216 g/mol. The van der Waals surface area contributed by atoms with E-state index in [-0.39, 0.29) is 0 Å². The van der Waals surface area contributed by atoms with E-state index in [1.54, 1.807) is 0 Å². The zero-order chi connectivity index (χ0) is 10.6. The van der Waals surface area contributed by atoms with Gasteiger partial charge in [0.2, 0.25) is 0 Å². The van der Waals surface area contributed by atoms with Crippen LogP contribution < -0.4 is 0 Å². The first-order chi connectivity index (χ1) is 6.85. The van der Waals surface area contributed by atoms with Gasteiger partial charge in [-0.1, -0.05) is 52.9 Å². The fourth-order valence-electron chi connectivity index (χ4n) is 1.78. The minimum Gasteiger partial charge on any atom is -0.122 e. The molecule has 0 radical (unpaired) electrons. The zero-order valence-electron chi connectivity index (χ0n) is 10.4. The minimum atomic E-state index is 1.03. The Labute approximate surface area is 93.0 Å². The first kappa shape index (κ1) is 14.4. The summed E-state index contributed by atoms with van der Waals surface area (Å²) >= 11 is 0. The Bertz CT molecular complexity index is 101. The van der Waals surface area contributed by atoms with Crippen molar-refractivity contribution in [1.29, 1.82) is 0 Å². The molecule has 0 bridgehead atoms. The molecule has 86 valence electrons. The van der Waals surface area contributed by atoms with Crippen molar-refractivity contribution in [2.45, 2.75) is 65.7 Å². The lowest BCUT2D eigenvalue weighted by Gasteiger charge is -2.13. The van der Waals surface area contributed by atoms with E-state index in [9.17, 15) is 0 Å². The normalized spacial score (nSPS) is 13.9. The average Bonchev–Trinajstić information content (AvgIpc) is 2.22. The second-order valence-corrected chi connectivity index (χ2v) is 5.81. The van der Waals surface area contributed by atoms with Crippen molar-refractivity contribution in [3.8, 4) is 0 Å². The Morgan fingerprint density at radius 3 is 2.14 bits per heavy atom. The standard InChI is InChI=1S/C13H29P/c1-4-7-9-13(6-3)10-12-14-11-8-5-2/h13-14H,4-12H2,1-3H3. The Morgan fingerprint density at radius 2 is 1.57 bits per heavy atom. The summed E-state index contributed by atoms with van der Waals surface area (Å²) < 4.78 is 0. The van der Waals surface area contributed by atoms with Crippen LogP contribution in [0.2, 0.25) is 0 Å². The topological polar surface area (TPSA) is 0 Å². The van der Waals surface area contributed by atoms with Crippen LogP contribution in [0.15, 0.2) is 0 Å². The molecule has 0 aliphatic rings. The summed E-state index contributed by atoms with van der Waals surface area (Å²) in [5.74, 6) is 1.03. The second-order valence-electron chi connectivity index (χ2n) is 4.31. The van der Waals surface area contributed by atoms with Crippen LogP contribution in [0.1, 0.15) is 65.7 Å². The predicted molar refractivity (Wildman–Crippen MR) is 70.9 cm³/mol. The molecule has 0 aromatic rings. The number of hydrogen-bond acceptors (Lipinski definition) is 0. The average molecular weight is 216 g/mol. The largest absolute Gasteiger partial charge is 0.122 e. The zero-order valence-corrected chi connectivity index (χ0v) is 11.4. The number of hydrogen-bond donors (Lipinski definition) is 0. The maximum absolute atomic E-state index is 2.36. The fourth-order valence-corrected chi connectivity index (χ4v) is 3.24. The molecule has 0 aliphatic heterocycles. The van der Waals surface area contributed by atoms with E-state index in [1.165, 1.54) is 65.9 Å². The van der Waals surface area contributed by atoms with Gasteiger partial charge in [0, 0.05) is 0 Å². The Hall–Kier alpha value is 0.430. The molecule has 0 N–H and O–H groups in total. The van der Waals surface area contributed by atoms with Crippen molar-refractivity contribution >= 4 is 8.58 Å². The Kier molecular flexibility index (Phi) is 11.9. The first-order valence-corrected chi connectivity index (χ1v) is 7.97. The highest BCUT2D eigenvalue weighted by Gasteiger charge is 2.04. The maximum atomic E-state index is 2.36. The second kappa shape index (κ2) is 11.5. The third-order valence-corrected chi connectivity index (χ3v) is 4.33. The molecule has 2 unspecified atom stereocenters. The van der Waals surface area contributed by atoms with Crippen molar-refractivity contribution in [2.24, 2.45) is 5.92 Å². The summed E-state index contributed by atoms with van der Waals surface area (Å²) in [6.45, 7) is 6.95. The van der Waals surface area contributed by atoms with Crippen LogP contribution in [0, 0.1) is 5.92 Å². The summed E-state index contributed by atoms with van der Waals surface area (Å²) in [5, 5.41) is 0. The molecule has 0 aromatic carbocycles. The van der Waals surface area contributed by atoms with Crippen LogP contribution in [0.3, 0.4) is 0 Å². The van der Waals surface area contributed by atoms with Crippen LogP contribution in [-0.4, -0.2) is 12.3 Å². The van der Waals surface area contributed by atoms with Gasteiger partial charge in [-0.3, -0.25) is 0 Å². The van der Waals surface area contributed by atoms with Crippen molar-refractivity contribution in [3.63, 3.8) is 0 Å². The fraction of sp³-hybridized carbons (Fsp3) is 1.00. The molecule has 0 aromatic heterocycles. The Morgan fingerprint density at radius 1 is 0.857 bits per heavy atom. The van der Waals surface area contributed by atoms with Crippen molar-refractivity contribution < 1.29 is 0 Å². The molecule has 14 heavy (non-hydrogen) atoms. The van der Waals surface area contributed by atoms with Crippen molar-refractivity contribution in [3.05, 3.63) is 0 Å². The molecular formula is C13H29P. The van der Waals surface area contributed by atoms with Gasteiger partial charge in [0.05, 0.1) is 0 Å². The van der Waals surface area contributed by atoms with Crippen LogP contribution >= 0.6 is 8.58 Å². The quantitative estimate of drug-likeness (QED) is 0.353. The molecular weight excluding hydrogens is 187 g/mol. The predicted octanol–water partition coefficient (Wildman–Crippen LogP) is 5.07. The van der Waals surface area contributed by atoms with Gasteiger partial charge < -0.3 is 0 Å². The smallest absolute Gasteiger partial charge is 0.0351 e. The van der Waals surface area contributed by atoms with E-state index in [2.05, 4.69) is 20.8 Å². The van der Waals surface area contributed by atoms with E-state index >= 15 is 0 Å². The van der Waals surface area contributed by atoms with Gasteiger partial charge in [-0.15, -0.1) is 8.58 Å². The molecule has 0 saturated carbocycles. The van der Waals surface area contributed by atoms with Crippen LogP contribution in [-0.2, 0) is 0 Å². The van der Waals surface area contributed by atoms with Crippen LogP contribution in [0.25, 0.3) is 0 Å². The van der Waals surface area contributed by atoms with Crippen LogP contribution in [0.4, 0.5) is 0 Å². The highest BCUT2D eigenvalue weighted by Crippen LogP contribution is 2.22. The van der Waals surface area contributed by atoms with E-state index in [1.807, 2.05) is 0 Å². The molecule has 0 saturated heterocycles. The number of unbranched alkanes of at least 4 members (excludes halogenated alkanes) is 2. The third-order valence-electron chi connectivity index (χ3n) is 2.98. The SMILES string of the molecule is CCCCPCCC(CC)CCCC. The van der Waals surface area contributed by atoms with Crippen LogP contribution in [0.5, 0.6) is 0 Å². The lowest BCUT2D eigenvalue weighted by atomic mass is 9.97. The summed E-state index contributed by atoms with van der Waals surface area (Å²) in [4.78, 5) is 0. The van der Waals surface area contributed by atoms with E-state index < -0.39 is 0 Å². The molecule has 0 amide bonds. The number of rotatable bonds is 10. The summed E-state index contributed by atoms with van der Waals surface area (Å²) in [5.41, 5.74) is 0. The lowest BCUT2D eigenvalue weighted by molar-refractivity contribution is 0.441. The molecule has 0 fully saturated rings. The van der Waals surface area contributed by atoms with Crippen molar-refractivity contribution in [1.82, 2.24) is 0 Å². The first-order valence-electron chi connectivity index (χ1n) is 6.55. The Balaban J connectivity index is 3.24. The van der Waals surface area contributed by atoms with E-state index in [4.69, 9.17) is 0 Å². The lowest BCUT2D eigenvalue weighted by Crippen LogP contribution is -2.00. The summed E-state index contributed by atoms with van der Waals surface area (Å²) in [6, 6.07) is 0. The molecule has 2 atom stereocenters. The molecule has 0 heterocycles. The molecule has 0 nitrogen and oxygen atoms in total. The van der Waals surface area contributed by atoms with Gasteiger partial charge in [0.1, 0.15) is 0 Å². The van der Waals surface area contributed by atoms with Gasteiger partial charge in [-0.2, -0.15) is 0 Å². The van der Waals surface area contributed by atoms with E-state index in [0.717, 1.165) is 5.92 Å². The van der Waals surface area contributed by atoms with Gasteiger partial charge in [0.15, 0.2) is 0 Å². The summed E-state index contributed by atoms with van der Waals surface area (Å²) in [7, 11) is 1.24. The van der Waals surface area contributed by atoms with Gasteiger partial charge in [-0.05, 0) is 31.1 Å². The molecule has 0 aliphatic carbocycles. The van der Waals surface area contributed by atoms with Crippen molar-refractivity contribution in [2.75, 3.05) is 12.3 Å². The van der Waals surface area contributed by atoms with Gasteiger partial charge in [-0.25, -0.2) is 0 Å². The molecule has 0 rings (SSSR count). The van der Waals surface area contributed by atoms with E-state index in [0.29, 0.717) is 0 Å². The maximum Gasteiger partial charge on any atom is -0.0351 e. The highest BCUT2D eigenvalue weighted by molar-refractivity contribution is 7.37. The van der Waals surface area contributed by atoms with Gasteiger partial charge in [0.25, 0.3) is 0 Å². The molecule has 1 heteroatoms. The third kappa shape index (κ3) is 9.00. The molecule has 0 spiro atoms. The minimum absolute atomic E-state index is 1.03. The van der Waals surface area contributed by atoms with Gasteiger partial charge >= 0.3 is 0 Å². The highest BCUT2D eigenvalue weighted by atomic mass is 31.1.